The fraction of sp³-hybridized carbons (Fsp3) is 0.478. The lowest BCUT2D eigenvalue weighted by Gasteiger charge is -2.32. The number of fused-ring (bicyclic) bond motifs is 1. The second-order valence-electron chi connectivity index (χ2n) is 9.20. The fourth-order valence-corrected chi connectivity index (χ4v) is 3.83. The summed E-state index contributed by atoms with van der Waals surface area (Å²) in [7, 11) is 0. The lowest BCUT2D eigenvalue weighted by Crippen LogP contribution is -2.40. The largest absolute Gasteiger partial charge is 0.355 e. The van der Waals surface area contributed by atoms with Crippen LogP contribution in [-0.2, 0) is 16.8 Å². The molecule has 0 spiro atoms. The molecule has 1 N–H and O–H groups in total. The van der Waals surface area contributed by atoms with Crippen LogP contribution >= 0.6 is 0 Å². The Morgan fingerprint density at radius 1 is 1.07 bits per heavy atom. The molecule has 1 aromatic carbocycles. The van der Waals surface area contributed by atoms with E-state index in [1.807, 2.05) is 16.6 Å². The topological polar surface area (TPSA) is 75.4 Å². The molecule has 3 aromatic rings. The van der Waals surface area contributed by atoms with E-state index in [9.17, 15) is 4.79 Å². The summed E-state index contributed by atoms with van der Waals surface area (Å²) in [4.78, 5) is 14.9. The molecule has 30 heavy (non-hydrogen) atoms. The van der Waals surface area contributed by atoms with Crippen molar-refractivity contribution < 1.29 is 4.79 Å². The van der Waals surface area contributed by atoms with Crippen molar-refractivity contribution in [3.05, 3.63) is 53.3 Å². The molecule has 0 aliphatic carbocycles. The first-order chi connectivity index (χ1) is 14.3. The quantitative estimate of drug-likeness (QED) is 0.720. The SMILES string of the molecule is Cc1ccc(CNC(=O)C2CCN(c3ccc4nnc(C(C)(C)C)n4n3)CC2)cc1. The summed E-state index contributed by atoms with van der Waals surface area (Å²) in [6, 6.07) is 12.2. The molecule has 0 atom stereocenters. The Morgan fingerprint density at radius 3 is 2.43 bits per heavy atom. The predicted octanol–water partition coefficient (Wildman–Crippen LogP) is 3.26. The first kappa shape index (κ1) is 20.3. The Labute approximate surface area is 177 Å². The van der Waals surface area contributed by atoms with Gasteiger partial charge in [-0.15, -0.1) is 15.3 Å². The van der Waals surface area contributed by atoms with Gasteiger partial charge in [-0.3, -0.25) is 4.79 Å². The van der Waals surface area contributed by atoms with Crippen LogP contribution in [0.1, 0.15) is 50.6 Å². The van der Waals surface area contributed by atoms with Crippen molar-refractivity contribution in [1.29, 1.82) is 0 Å². The van der Waals surface area contributed by atoms with E-state index in [0.717, 1.165) is 48.8 Å². The number of nitrogens with zero attached hydrogens (tertiary/aromatic N) is 5. The van der Waals surface area contributed by atoms with E-state index in [-0.39, 0.29) is 17.2 Å². The highest BCUT2D eigenvalue weighted by Crippen LogP contribution is 2.24. The standard InChI is InChI=1S/C23H30N6O/c1-16-5-7-17(8-6-16)15-24-21(30)18-11-13-28(14-12-18)20-10-9-19-25-26-22(23(2,3)4)29(19)27-20/h5-10,18H,11-15H2,1-4H3,(H,24,30). The van der Waals surface area contributed by atoms with E-state index < -0.39 is 0 Å². The Balaban J connectivity index is 1.37. The molecular formula is C23H30N6O. The number of piperidine rings is 1. The Morgan fingerprint density at radius 2 is 1.77 bits per heavy atom. The number of rotatable bonds is 4. The van der Waals surface area contributed by atoms with Gasteiger partial charge in [0.05, 0.1) is 0 Å². The molecule has 7 nitrogen and oxygen atoms in total. The monoisotopic (exact) mass is 406 g/mol. The summed E-state index contributed by atoms with van der Waals surface area (Å²) in [5.41, 5.74) is 2.99. The summed E-state index contributed by atoms with van der Waals surface area (Å²) in [6.07, 6.45) is 1.65. The van der Waals surface area contributed by atoms with Gasteiger partial charge in [0.15, 0.2) is 11.5 Å². The molecule has 3 heterocycles. The molecule has 158 valence electrons. The molecule has 4 rings (SSSR count). The second-order valence-corrected chi connectivity index (χ2v) is 9.20. The Bertz CT molecular complexity index is 1030. The molecule has 2 aromatic heterocycles. The van der Waals surface area contributed by atoms with Crippen LogP contribution in [-0.4, -0.2) is 38.8 Å². The third kappa shape index (κ3) is 4.30. The molecule has 0 unspecified atom stereocenters. The van der Waals surface area contributed by atoms with Gasteiger partial charge in [0, 0.05) is 31.0 Å². The van der Waals surface area contributed by atoms with E-state index in [4.69, 9.17) is 5.10 Å². The number of benzene rings is 1. The Kier molecular flexibility index (Phi) is 5.45. The van der Waals surface area contributed by atoms with Crippen molar-refractivity contribution >= 4 is 17.4 Å². The Hall–Kier alpha value is -2.96. The molecule has 1 aliphatic rings. The lowest BCUT2D eigenvalue weighted by molar-refractivity contribution is -0.125. The second kappa shape index (κ2) is 8.05. The maximum atomic E-state index is 12.6. The van der Waals surface area contributed by atoms with Crippen molar-refractivity contribution in [3.8, 4) is 0 Å². The maximum absolute atomic E-state index is 12.6. The van der Waals surface area contributed by atoms with Crippen molar-refractivity contribution in [2.24, 2.45) is 5.92 Å². The van der Waals surface area contributed by atoms with Crippen LogP contribution in [0.3, 0.4) is 0 Å². The molecule has 0 bridgehead atoms. The van der Waals surface area contributed by atoms with Gasteiger partial charge in [0.2, 0.25) is 5.91 Å². The third-order valence-electron chi connectivity index (χ3n) is 5.70. The van der Waals surface area contributed by atoms with E-state index in [1.165, 1.54) is 5.56 Å². The number of carbonyl (C=O) groups excluding carboxylic acids is 1. The summed E-state index contributed by atoms with van der Waals surface area (Å²) in [6.45, 7) is 10.6. The molecule has 0 radical (unpaired) electrons. The normalized spacial score (nSPS) is 15.5. The zero-order chi connectivity index (χ0) is 21.3. The maximum Gasteiger partial charge on any atom is 0.223 e. The van der Waals surface area contributed by atoms with Gasteiger partial charge >= 0.3 is 0 Å². The third-order valence-corrected chi connectivity index (χ3v) is 5.70. The first-order valence-electron chi connectivity index (χ1n) is 10.6. The van der Waals surface area contributed by atoms with Crippen molar-refractivity contribution in [3.63, 3.8) is 0 Å². The van der Waals surface area contributed by atoms with Gasteiger partial charge in [-0.25, -0.2) is 0 Å². The highest BCUT2D eigenvalue weighted by Gasteiger charge is 2.27. The van der Waals surface area contributed by atoms with Gasteiger partial charge < -0.3 is 10.2 Å². The smallest absolute Gasteiger partial charge is 0.223 e. The zero-order valence-electron chi connectivity index (χ0n) is 18.2. The molecule has 1 fully saturated rings. The molecule has 1 saturated heterocycles. The van der Waals surface area contributed by atoms with E-state index in [0.29, 0.717) is 6.54 Å². The van der Waals surface area contributed by atoms with Gasteiger partial charge in [0.25, 0.3) is 0 Å². The number of aromatic nitrogens is 4. The fourth-order valence-electron chi connectivity index (χ4n) is 3.83. The number of amides is 1. The van der Waals surface area contributed by atoms with Crippen LogP contribution in [0.25, 0.3) is 5.65 Å². The summed E-state index contributed by atoms with van der Waals surface area (Å²) < 4.78 is 1.84. The van der Waals surface area contributed by atoms with Crippen LogP contribution in [0.4, 0.5) is 5.82 Å². The number of nitrogens with one attached hydrogen (secondary N) is 1. The predicted molar refractivity (Wildman–Crippen MR) is 117 cm³/mol. The van der Waals surface area contributed by atoms with Crippen molar-refractivity contribution in [2.45, 2.75) is 52.5 Å². The molecule has 0 saturated carbocycles. The van der Waals surface area contributed by atoms with Crippen LogP contribution < -0.4 is 10.2 Å². The summed E-state index contributed by atoms with van der Waals surface area (Å²) in [5.74, 6) is 1.96. The average molecular weight is 407 g/mol. The van der Waals surface area contributed by atoms with Crippen molar-refractivity contribution in [1.82, 2.24) is 25.1 Å². The zero-order valence-corrected chi connectivity index (χ0v) is 18.2. The average Bonchev–Trinajstić information content (AvgIpc) is 3.17. The molecular weight excluding hydrogens is 376 g/mol. The lowest BCUT2D eigenvalue weighted by atomic mass is 9.95. The summed E-state index contributed by atoms with van der Waals surface area (Å²) in [5, 5.41) is 16.4. The number of anilines is 1. The van der Waals surface area contributed by atoms with Crippen LogP contribution in [0, 0.1) is 12.8 Å². The van der Waals surface area contributed by atoms with Gasteiger partial charge in [0.1, 0.15) is 5.82 Å². The number of hydrogen-bond acceptors (Lipinski definition) is 5. The van der Waals surface area contributed by atoms with Crippen LogP contribution in [0.2, 0.25) is 0 Å². The minimum absolute atomic E-state index is 0.0514. The van der Waals surface area contributed by atoms with Gasteiger partial charge in [-0.05, 0) is 37.5 Å². The highest BCUT2D eigenvalue weighted by molar-refractivity contribution is 5.79. The molecule has 1 aliphatic heterocycles. The molecule has 1 amide bonds. The summed E-state index contributed by atoms with van der Waals surface area (Å²) >= 11 is 0. The van der Waals surface area contributed by atoms with E-state index in [2.05, 4.69) is 72.4 Å². The highest BCUT2D eigenvalue weighted by atomic mass is 16.1. The van der Waals surface area contributed by atoms with Gasteiger partial charge in [-0.1, -0.05) is 50.6 Å². The minimum Gasteiger partial charge on any atom is -0.355 e. The number of aryl methyl sites for hydroxylation is 1. The van der Waals surface area contributed by atoms with Gasteiger partial charge in [-0.2, -0.15) is 4.52 Å². The van der Waals surface area contributed by atoms with Crippen LogP contribution in [0.15, 0.2) is 36.4 Å². The van der Waals surface area contributed by atoms with Crippen molar-refractivity contribution in [2.75, 3.05) is 18.0 Å². The van der Waals surface area contributed by atoms with E-state index >= 15 is 0 Å². The number of carbonyl (C=O) groups is 1. The first-order valence-corrected chi connectivity index (χ1v) is 10.6. The van der Waals surface area contributed by atoms with Crippen LogP contribution in [0.5, 0.6) is 0 Å². The number of hydrogen-bond donors (Lipinski definition) is 1. The molecule has 7 heteroatoms. The van der Waals surface area contributed by atoms with E-state index in [1.54, 1.807) is 0 Å². The minimum atomic E-state index is -0.131.